The number of fused-ring (bicyclic) bond motifs is 2. The average molecular weight is 558 g/mol. The molecular formula is C28H39N5O5S. The molecule has 0 radical (unpaired) electrons. The van der Waals surface area contributed by atoms with E-state index < -0.39 is 39.5 Å². The maximum atomic E-state index is 14.0. The number of nitrogens with one attached hydrogen (secondary N) is 2. The number of carbonyl (C=O) groups is 3. The van der Waals surface area contributed by atoms with E-state index in [2.05, 4.69) is 15.6 Å². The van der Waals surface area contributed by atoms with Gasteiger partial charge >= 0.3 is 0 Å². The van der Waals surface area contributed by atoms with Gasteiger partial charge in [-0.15, -0.1) is 0 Å². The van der Waals surface area contributed by atoms with Crippen molar-refractivity contribution < 1.29 is 22.8 Å². The number of nitrogens with zero attached hydrogens (tertiary/aromatic N) is 3. The molecule has 2 saturated heterocycles. The number of rotatable bonds is 7. The van der Waals surface area contributed by atoms with Crippen molar-refractivity contribution >= 4 is 44.3 Å². The monoisotopic (exact) mass is 557 g/mol. The Balaban J connectivity index is 1.63. The number of sulfonamides is 1. The van der Waals surface area contributed by atoms with Crippen LogP contribution in [0.1, 0.15) is 47.5 Å². The molecule has 4 rings (SSSR count). The van der Waals surface area contributed by atoms with Crippen LogP contribution < -0.4 is 10.6 Å². The molecule has 0 spiro atoms. The van der Waals surface area contributed by atoms with Crippen molar-refractivity contribution in [3.05, 3.63) is 36.5 Å². The fraction of sp³-hybridized carbons (Fsp3) is 0.571. The summed E-state index contributed by atoms with van der Waals surface area (Å²) in [6, 6.07) is 7.37. The normalized spacial score (nSPS) is 23.3. The van der Waals surface area contributed by atoms with Crippen LogP contribution in [0.4, 0.5) is 5.69 Å². The van der Waals surface area contributed by atoms with E-state index >= 15 is 0 Å². The van der Waals surface area contributed by atoms with Gasteiger partial charge in [-0.3, -0.25) is 19.4 Å². The Morgan fingerprint density at radius 1 is 1.18 bits per heavy atom. The van der Waals surface area contributed by atoms with Crippen molar-refractivity contribution in [1.82, 2.24) is 19.5 Å². The minimum Gasteiger partial charge on any atom is -0.344 e. The van der Waals surface area contributed by atoms with Gasteiger partial charge in [0, 0.05) is 30.4 Å². The molecule has 0 saturated carbocycles. The Kier molecular flexibility index (Phi) is 8.05. The molecular weight excluding hydrogens is 518 g/mol. The lowest BCUT2D eigenvalue weighted by atomic mass is 9.84. The number of hydrogen-bond donors (Lipinski definition) is 2. The highest BCUT2D eigenvalue weighted by Gasteiger charge is 2.56. The molecule has 212 valence electrons. The van der Waals surface area contributed by atoms with Gasteiger partial charge in [0.1, 0.15) is 6.04 Å². The number of likely N-dealkylation sites (tertiary alicyclic amines) is 1. The maximum Gasteiger partial charge on any atom is 0.246 e. The standard InChI is InChI=1S/C28H39N5O5S/c1-7-17(2)25(34)31-24(28(3,4)5)27(36)32-13-12-22-23(32)20(16-33(22)39(6,37)38)26(35)30-19-14-18-10-8-9-11-21(18)29-15-19/h8-11,14-15,17,20,22-24H,7,12-13,16H2,1-6H3,(H,30,35)(H,31,34)/t17-,20+,22-,23-,24-/m1/s1. The molecule has 2 aliphatic heterocycles. The molecule has 10 nitrogen and oxygen atoms in total. The number of hydrogen-bond acceptors (Lipinski definition) is 6. The summed E-state index contributed by atoms with van der Waals surface area (Å²) in [6.45, 7) is 9.65. The second kappa shape index (κ2) is 10.8. The molecule has 1 aromatic carbocycles. The number of benzene rings is 1. The van der Waals surface area contributed by atoms with Crippen LogP contribution >= 0.6 is 0 Å². The first-order valence-corrected chi connectivity index (χ1v) is 15.3. The lowest BCUT2D eigenvalue weighted by Crippen LogP contribution is -2.58. The number of carbonyl (C=O) groups excluding carboxylic acids is 3. The molecule has 0 aliphatic carbocycles. The van der Waals surface area contributed by atoms with Crippen LogP contribution in [0, 0.1) is 17.3 Å². The average Bonchev–Trinajstić information content (AvgIpc) is 3.46. The molecule has 2 N–H and O–H groups in total. The van der Waals surface area contributed by atoms with E-state index in [1.807, 2.05) is 65.0 Å². The van der Waals surface area contributed by atoms with Crippen molar-refractivity contribution in [2.24, 2.45) is 17.3 Å². The topological polar surface area (TPSA) is 129 Å². The Morgan fingerprint density at radius 2 is 1.87 bits per heavy atom. The fourth-order valence-electron chi connectivity index (χ4n) is 5.57. The summed E-state index contributed by atoms with van der Waals surface area (Å²) in [5, 5.41) is 6.70. The summed E-state index contributed by atoms with van der Waals surface area (Å²) >= 11 is 0. The second-order valence-electron chi connectivity index (χ2n) is 11.8. The first-order chi connectivity index (χ1) is 18.2. The van der Waals surface area contributed by atoms with Gasteiger partial charge in [-0.25, -0.2) is 8.42 Å². The first kappa shape index (κ1) is 28.9. The molecule has 2 aromatic rings. The zero-order valence-corrected chi connectivity index (χ0v) is 24.3. The SMILES string of the molecule is CC[C@@H](C)C(=O)N[C@H](C(=O)N1CC[C@@H]2[C@H]1[C@@H](C(=O)Nc1cnc3ccccc3c1)CN2S(C)(=O)=O)C(C)(C)C. The summed E-state index contributed by atoms with van der Waals surface area (Å²) in [7, 11) is -3.62. The second-order valence-corrected chi connectivity index (χ2v) is 13.8. The molecule has 0 bridgehead atoms. The Hall–Kier alpha value is -3.05. The highest BCUT2D eigenvalue weighted by molar-refractivity contribution is 7.88. The van der Waals surface area contributed by atoms with E-state index in [1.165, 1.54) is 4.31 Å². The van der Waals surface area contributed by atoms with Crippen LogP contribution in [-0.4, -0.2) is 77.8 Å². The number of anilines is 1. The van der Waals surface area contributed by atoms with Gasteiger partial charge in [0.25, 0.3) is 0 Å². The molecule has 3 amide bonds. The third-order valence-electron chi connectivity index (χ3n) is 7.94. The third-order valence-corrected chi connectivity index (χ3v) is 9.21. The predicted octanol–water partition coefficient (Wildman–Crippen LogP) is 2.61. The molecule has 5 atom stereocenters. The van der Waals surface area contributed by atoms with Gasteiger partial charge < -0.3 is 15.5 Å². The summed E-state index contributed by atoms with van der Waals surface area (Å²) in [4.78, 5) is 46.5. The van der Waals surface area contributed by atoms with E-state index in [1.54, 1.807) is 11.1 Å². The van der Waals surface area contributed by atoms with Crippen molar-refractivity contribution in [2.75, 3.05) is 24.7 Å². The Labute approximate surface area is 230 Å². The number of para-hydroxylation sites is 1. The largest absolute Gasteiger partial charge is 0.344 e. The Morgan fingerprint density at radius 3 is 2.51 bits per heavy atom. The number of pyridine rings is 1. The van der Waals surface area contributed by atoms with Gasteiger partial charge in [-0.1, -0.05) is 52.8 Å². The van der Waals surface area contributed by atoms with E-state index in [9.17, 15) is 22.8 Å². The van der Waals surface area contributed by atoms with E-state index in [-0.39, 0.29) is 30.2 Å². The summed E-state index contributed by atoms with van der Waals surface area (Å²) in [5.74, 6) is -1.91. The van der Waals surface area contributed by atoms with Gasteiger partial charge in [0.2, 0.25) is 27.7 Å². The van der Waals surface area contributed by atoms with E-state index in [0.717, 1.165) is 17.2 Å². The van der Waals surface area contributed by atoms with Crippen LogP contribution in [0.3, 0.4) is 0 Å². The van der Waals surface area contributed by atoms with Gasteiger partial charge in [-0.2, -0.15) is 4.31 Å². The maximum absolute atomic E-state index is 14.0. The van der Waals surface area contributed by atoms with Crippen LogP contribution in [0.15, 0.2) is 36.5 Å². The van der Waals surface area contributed by atoms with Crippen LogP contribution in [0.25, 0.3) is 10.9 Å². The number of amides is 3. The van der Waals surface area contributed by atoms with Crippen LogP contribution in [0.5, 0.6) is 0 Å². The van der Waals surface area contributed by atoms with Gasteiger partial charge in [0.15, 0.2) is 0 Å². The molecule has 0 unspecified atom stereocenters. The predicted molar refractivity (Wildman–Crippen MR) is 150 cm³/mol. The van der Waals surface area contributed by atoms with Gasteiger partial charge in [0.05, 0.1) is 35.6 Å². The van der Waals surface area contributed by atoms with Crippen molar-refractivity contribution in [2.45, 2.75) is 65.6 Å². The Bertz CT molecular complexity index is 1370. The van der Waals surface area contributed by atoms with Crippen molar-refractivity contribution in [1.29, 1.82) is 0 Å². The summed E-state index contributed by atoms with van der Waals surface area (Å²) in [5.41, 5.74) is 0.694. The van der Waals surface area contributed by atoms with Crippen molar-refractivity contribution in [3.63, 3.8) is 0 Å². The lowest BCUT2D eigenvalue weighted by Gasteiger charge is -2.37. The molecule has 2 fully saturated rings. The highest BCUT2D eigenvalue weighted by atomic mass is 32.2. The summed E-state index contributed by atoms with van der Waals surface area (Å²) in [6.07, 6.45) is 3.76. The minimum atomic E-state index is -3.62. The smallest absolute Gasteiger partial charge is 0.246 e. The number of aromatic nitrogens is 1. The molecule has 3 heterocycles. The van der Waals surface area contributed by atoms with E-state index in [4.69, 9.17) is 0 Å². The lowest BCUT2D eigenvalue weighted by molar-refractivity contribution is -0.142. The molecule has 1 aromatic heterocycles. The van der Waals surface area contributed by atoms with Crippen LogP contribution in [0.2, 0.25) is 0 Å². The zero-order chi connectivity index (χ0) is 28.7. The van der Waals surface area contributed by atoms with E-state index in [0.29, 0.717) is 25.1 Å². The van der Waals surface area contributed by atoms with Crippen LogP contribution in [-0.2, 0) is 24.4 Å². The molecule has 11 heteroatoms. The minimum absolute atomic E-state index is 0.0236. The zero-order valence-electron chi connectivity index (χ0n) is 23.5. The molecule has 2 aliphatic rings. The fourth-order valence-corrected chi connectivity index (χ4v) is 6.72. The quantitative estimate of drug-likeness (QED) is 0.539. The van der Waals surface area contributed by atoms with Gasteiger partial charge in [-0.05, 0) is 30.4 Å². The third kappa shape index (κ3) is 5.94. The summed E-state index contributed by atoms with van der Waals surface area (Å²) < 4.78 is 26.7. The highest BCUT2D eigenvalue weighted by Crippen LogP contribution is 2.39. The first-order valence-electron chi connectivity index (χ1n) is 13.5. The van der Waals surface area contributed by atoms with Crippen molar-refractivity contribution in [3.8, 4) is 0 Å². The molecule has 39 heavy (non-hydrogen) atoms.